The number of aromatic nitrogens is 4. The van der Waals surface area contributed by atoms with Crippen LogP contribution in [0.15, 0.2) is 47.8 Å². The fourth-order valence-electron chi connectivity index (χ4n) is 4.24. The number of hydrogen-bond acceptors (Lipinski definition) is 7. The summed E-state index contributed by atoms with van der Waals surface area (Å²) in [5.41, 5.74) is -0.965. The summed E-state index contributed by atoms with van der Waals surface area (Å²) in [6, 6.07) is 1.21. The number of ketones is 1. The Morgan fingerprint density at radius 1 is 1.15 bits per heavy atom. The van der Waals surface area contributed by atoms with Gasteiger partial charge in [0.15, 0.2) is 5.78 Å². The fraction of sp³-hybridized carbons (Fsp3) is 0.391. The average Bonchev–Trinajstić information content (AvgIpc) is 3.45. The van der Waals surface area contributed by atoms with Gasteiger partial charge in [-0.25, -0.2) is 40.6 Å². The number of carbonyl (C=O) groups excluding carboxylic acids is 1. The van der Waals surface area contributed by atoms with Gasteiger partial charge in [-0.05, 0) is 31.2 Å². The minimum atomic E-state index is -4.80. The lowest BCUT2D eigenvalue weighted by Crippen LogP contribution is -2.46. The van der Waals surface area contributed by atoms with E-state index < -0.39 is 77.0 Å². The van der Waals surface area contributed by atoms with Gasteiger partial charge in [-0.3, -0.25) is 4.79 Å². The highest BCUT2D eigenvalue weighted by atomic mass is 32.2. The Labute approximate surface area is 223 Å². The van der Waals surface area contributed by atoms with E-state index in [0.29, 0.717) is 0 Å². The molecule has 40 heavy (non-hydrogen) atoms. The molecule has 3 aromatic rings. The quantitative estimate of drug-likeness (QED) is 0.377. The molecule has 3 heterocycles. The van der Waals surface area contributed by atoms with Crippen molar-refractivity contribution in [3.05, 3.63) is 65.8 Å². The average molecular weight is 595 g/mol. The molecule has 1 aliphatic rings. The minimum absolute atomic E-state index is 0.110. The van der Waals surface area contributed by atoms with Crippen molar-refractivity contribution >= 4 is 15.8 Å². The van der Waals surface area contributed by atoms with Crippen molar-refractivity contribution in [2.24, 2.45) is 0 Å². The van der Waals surface area contributed by atoms with E-state index in [1.807, 2.05) is 0 Å². The van der Waals surface area contributed by atoms with Crippen molar-refractivity contribution in [1.29, 1.82) is 0 Å². The zero-order valence-electron chi connectivity index (χ0n) is 20.5. The van der Waals surface area contributed by atoms with E-state index in [2.05, 4.69) is 20.4 Å². The van der Waals surface area contributed by atoms with Crippen molar-refractivity contribution in [3.63, 3.8) is 0 Å². The summed E-state index contributed by atoms with van der Waals surface area (Å²) in [7, 11) is -4.38. The fourth-order valence-corrected chi connectivity index (χ4v) is 6.08. The van der Waals surface area contributed by atoms with Crippen LogP contribution in [0.5, 0.6) is 0 Å². The number of halogens is 7. The van der Waals surface area contributed by atoms with Crippen molar-refractivity contribution in [2.45, 2.75) is 55.6 Å². The van der Waals surface area contributed by atoms with Crippen molar-refractivity contribution in [1.82, 2.24) is 29.4 Å². The van der Waals surface area contributed by atoms with Gasteiger partial charge < -0.3 is 5.32 Å². The first-order valence-electron chi connectivity index (χ1n) is 11.6. The van der Waals surface area contributed by atoms with Crippen LogP contribution < -0.4 is 5.32 Å². The molecular formula is C23H21F7N6O3S. The van der Waals surface area contributed by atoms with E-state index in [4.69, 9.17) is 0 Å². The summed E-state index contributed by atoms with van der Waals surface area (Å²) in [6.07, 6.45) is -7.39. The zero-order valence-corrected chi connectivity index (χ0v) is 21.3. The molecule has 17 heteroatoms. The van der Waals surface area contributed by atoms with Gasteiger partial charge in [-0.1, -0.05) is 0 Å². The molecule has 2 aromatic heterocycles. The van der Waals surface area contributed by atoms with Crippen LogP contribution in [0.2, 0.25) is 0 Å². The first-order valence-corrected chi connectivity index (χ1v) is 13.1. The number of carbonyl (C=O) groups is 1. The predicted molar refractivity (Wildman–Crippen MR) is 124 cm³/mol. The molecule has 1 N–H and O–H groups in total. The lowest BCUT2D eigenvalue weighted by molar-refractivity contribution is -0.145. The Balaban J connectivity index is 1.48. The number of hydrogen-bond donors (Lipinski definition) is 1. The maximum absolute atomic E-state index is 14.6. The van der Waals surface area contributed by atoms with Gasteiger partial charge in [0.25, 0.3) is 6.43 Å². The number of Topliss-reactive ketones (excluding diaryl/α,β-unsaturated/α-hetero) is 1. The molecule has 0 bridgehead atoms. The van der Waals surface area contributed by atoms with Crippen LogP contribution in [0, 0.1) is 5.82 Å². The van der Waals surface area contributed by atoms with Gasteiger partial charge in [0.2, 0.25) is 15.8 Å². The molecule has 0 spiro atoms. The molecule has 1 aromatic carbocycles. The first-order chi connectivity index (χ1) is 18.7. The molecule has 1 aliphatic heterocycles. The van der Waals surface area contributed by atoms with E-state index in [1.54, 1.807) is 0 Å². The molecule has 0 saturated carbocycles. The van der Waals surface area contributed by atoms with Gasteiger partial charge in [0.05, 0.1) is 35.9 Å². The summed E-state index contributed by atoms with van der Waals surface area (Å²) >= 11 is 0. The Morgan fingerprint density at radius 2 is 1.77 bits per heavy atom. The van der Waals surface area contributed by atoms with Crippen molar-refractivity contribution in [3.8, 4) is 5.69 Å². The summed E-state index contributed by atoms with van der Waals surface area (Å²) in [6.45, 7) is 0.399. The molecule has 9 nitrogen and oxygen atoms in total. The second kappa shape index (κ2) is 11.2. The molecule has 0 aliphatic carbocycles. The Kier molecular flexibility index (Phi) is 8.28. The number of nitrogens with one attached hydrogen (secondary N) is 1. The van der Waals surface area contributed by atoms with Gasteiger partial charge in [-0.2, -0.15) is 22.6 Å². The Bertz CT molecular complexity index is 1460. The maximum Gasteiger partial charge on any atom is 0.451 e. The summed E-state index contributed by atoms with van der Waals surface area (Å²) in [4.78, 5) is 18.9. The third-order valence-corrected chi connectivity index (χ3v) is 8.25. The highest BCUT2D eigenvalue weighted by Gasteiger charge is 2.48. The molecule has 0 radical (unpaired) electrons. The molecular weight excluding hydrogens is 573 g/mol. The molecule has 0 unspecified atom stereocenters. The normalized spacial score (nSPS) is 20.4. The topological polar surface area (TPSA) is 110 Å². The van der Waals surface area contributed by atoms with Gasteiger partial charge in [0, 0.05) is 24.7 Å². The van der Waals surface area contributed by atoms with Crippen LogP contribution >= 0.6 is 0 Å². The largest absolute Gasteiger partial charge is 0.451 e. The van der Waals surface area contributed by atoms with Crippen LogP contribution in [0.4, 0.5) is 30.7 Å². The SMILES string of the molecule is C[C@H]1[C@H](F)C[C@@H](C(=O)CNCc2cn(-c3cnc(C(F)(F)F)nc3)nc2C(F)F)N1S(=O)(=O)c1ccc(F)cc1. The monoisotopic (exact) mass is 594 g/mol. The number of alkyl halides is 6. The third-order valence-electron chi connectivity index (χ3n) is 6.24. The van der Waals surface area contributed by atoms with Crippen LogP contribution in [0.25, 0.3) is 5.69 Å². The van der Waals surface area contributed by atoms with Gasteiger partial charge in [0.1, 0.15) is 23.4 Å². The summed E-state index contributed by atoms with van der Waals surface area (Å²) in [5.74, 6) is -2.85. The van der Waals surface area contributed by atoms with E-state index in [0.717, 1.165) is 51.8 Å². The second-order valence-electron chi connectivity index (χ2n) is 8.91. The number of sulfonamides is 1. The maximum atomic E-state index is 14.6. The number of rotatable bonds is 9. The number of nitrogens with zero attached hydrogens (tertiary/aromatic N) is 5. The van der Waals surface area contributed by atoms with Gasteiger partial charge in [-0.15, -0.1) is 0 Å². The second-order valence-corrected chi connectivity index (χ2v) is 10.8. The lowest BCUT2D eigenvalue weighted by Gasteiger charge is -2.26. The smallest absolute Gasteiger partial charge is 0.306 e. The van der Waals surface area contributed by atoms with Crippen molar-refractivity contribution < 1.29 is 43.9 Å². The summed E-state index contributed by atoms with van der Waals surface area (Å²) < 4.78 is 121. The molecule has 1 saturated heterocycles. The van der Waals surface area contributed by atoms with Crippen molar-refractivity contribution in [2.75, 3.05) is 6.54 Å². The van der Waals surface area contributed by atoms with E-state index in [-0.39, 0.29) is 22.7 Å². The van der Waals surface area contributed by atoms with Crippen LogP contribution in [-0.2, 0) is 27.5 Å². The van der Waals surface area contributed by atoms with E-state index in [1.165, 1.54) is 6.92 Å². The molecule has 1 fully saturated rings. The third kappa shape index (κ3) is 6.00. The zero-order chi connectivity index (χ0) is 29.4. The molecule has 3 atom stereocenters. The predicted octanol–water partition coefficient (Wildman–Crippen LogP) is 3.61. The lowest BCUT2D eigenvalue weighted by atomic mass is 10.1. The number of benzene rings is 1. The Hall–Kier alpha value is -3.44. The first kappa shape index (κ1) is 29.5. The highest BCUT2D eigenvalue weighted by molar-refractivity contribution is 7.89. The van der Waals surface area contributed by atoms with E-state index >= 15 is 0 Å². The van der Waals surface area contributed by atoms with E-state index in [9.17, 15) is 43.9 Å². The summed E-state index contributed by atoms with van der Waals surface area (Å²) in [5, 5.41) is 6.27. The van der Waals surface area contributed by atoms with Gasteiger partial charge >= 0.3 is 6.18 Å². The highest BCUT2D eigenvalue weighted by Crippen LogP contribution is 2.33. The Morgan fingerprint density at radius 3 is 2.35 bits per heavy atom. The minimum Gasteiger partial charge on any atom is -0.306 e. The van der Waals surface area contributed by atoms with Crippen LogP contribution in [0.1, 0.15) is 36.9 Å². The van der Waals surface area contributed by atoms with Crippen LogP contribution in [-0.4, -0.2) is 63.1 Å². The molecule has 4 rings (SSSR count). The molecule has 0 amide bonds. The molecule has 216 valence electrons. The standard InChI is InChI=1S/C23H21F7N6O3S/c1-12-17(25)6-18(36(12)40(38,39)16-4-2-14(24)3-5-16)19(37)10-31-7-13-11-35(34-20(13)21(26)27)15-8-32-22(33-9-15)23(28,29)30/h2-5,8-9,11-12,17-18,21,31H,6-7,10H2,1H3/t12-,17+,18-/m0/s1. The van der Waals surface area contributed by atoms with Crippen LogP contribution in [0.3, 0.4) is 0 Å².